The van der Waals surface area contributed by atoms with E-state index in [9.17, 15) is 4.79 Å². The molecule has 0 aliphatic carbocycles. The van der Waals surface area contributed by atoms with Crippen LogP contribution in [-0.2, 0) is 6.54 Å². The molecule has 0 aliphatic heterocycles. The van der Waals surface area contributed by atoms with Gasteiger partial charge in [-0.25, -0.2) is 0 Å². The Bertz CT molecular complexity index is 616. The maximum Gasteiger partial charge on any atom is 0.251 e. The molecule has 1 aromatic carbocycles. The summed E-state index contributed by atoms with van der Waals surface area (Å²) in [5.41, 5.74) is 3.09. The highest BCUT2D eigenvalue weighted by Crippen LogP contribution is 2.18. The zero-order valence-electron chi connectivity index (χ0n) is 13.7. The first kappa shape index (κ1) is 16.6. The lowest BCUT2D eigenvalue weighted by atomic mass is 10.1. The van der Waals surface area contributed by atoms with Gasteiger partial charge in [-0.3, -0.25) is 4.79 Å². The summed E-state index contributed by atoms with van der Waals surface area (Å²) in [4.78, 5) is 15.7. The molecule has 1 heterocycles. The van der Waals surface area contributed by atoms with E-state index < -0.39 is 0 Å². The molecule has 0 saturated carbocycles. The number of carbonyl (C=O) groups excluding carboxylic acids is 1. The number of aryl methyl sites for hydroxylation is 1. The van der Waals surface area contributed by atoms with Crippen molar-refractivity contribution in [1.29, 1.82) is 0 Å². The Hall–Kier alpha value is -1.81. The minimum Gasteiger partial charge on any atom is -0.369 e. The molecule has 0 bridgehead atoms. The summed E-state index contributed by atoms with van der Waals surface area (Å²) < 4.78 is 0. The smallest absolute Gasteiger partial charge is 0.251 e. The number of carbonyl (C=O) groups is 1. The van der Waals surface area contributed by atoms with E-state index in [4.69, 9.17) is 0 Å². The van der Waals surface area contributed by atoms with Crippen LogP contribution in [-0.4, -0.2) is 18.5 Å². The van der Waals surface area contributed by atoms with E-state index in [1.807, 2.05) is 24.3 Å². The molecule has 2 aromatic rings. The SMILES string of the molecule is CCN(c1ccc(C(=O)NCc2sccc2C)cc1)C(C)C. The minimum absolute atomic E-state index is 0.0213. The van der Waals surface area contributed by atoms with Crippen molar-refractivity contribution in [2.75, 3.05) is 11.4 Å². The Balaban J connectivity index is 2.00. The number of benzene rings is 1. The highest BCUT2D eigenvalue weighted by molar-refractivity contribution is 7.10. The van der Waals surface area contributed by atoms with Gasteiger partial charge < -0.3 is 10.2 Å². The molecule has 118 valence electrons. The maximum atomic E-state index is 12.2. The average molecular weight is 316 g/mol. The molecule has 0 radical (unpaired) electrons. The predicted octanol–water partition coefficient (Wildman–Crippen LogP) is 4.22. The summed E-state index contributed by atoms with van der Waals surface area (Å²) >= 11 is 1.68. The minimum atomic E-state index is -0.0213. The Morgan fingerprint density at radius 1 is 1.23 bits per heavy atom. The molecule has 0 aliphatic rings. The standard InChI is InChI=1S/C18H24N2OS/c1-5-20(13(2)3)16-8-6-15(7-9-16)18(21)19-12-17-14(4)10-11-22-17/h6-11,13H,5,12H2,1-4H3,(H,19,21). The van der Waals surface area contributed by atoms with Gasteiger partial charge in [-0.05, 0) is 69.0 Å². The number of hydrogen-bond acceptors (Lipinski definition) is 3. The summed E-state index contributed by atoms with van der Waals surface area (Å²) in [5.74, 6) is -0.0213. The number of hydrogen-bond donors (Lipinski definition) is 1. The zero-order chi connectivity index (χ0) is 16.1. The second-order valence-electron chi connectivity index (χ2n) is 5.64. The lowest BCUT2D eigenvalue weighted by Crippen LogP contribution is -2.30. The predicted molar refractivity (Wildman–Crippen MR) is 94.8 cm³/mol. The molecule has 0 fully saturated rings. The first-order valence-electron chi connectivity index (χ1n) is 7.70. The Kier molecular flexibility index (Phi) is 5.61. The second-order valence-corrected chi connectivity index (χ2v) is 6.64. The lowest BCUT2D eigenvalue weighted by molar-refractivity contribution is 0.0951. The van der Waals surface area contributed by atoms with Gasteiger partial charge in [-0.15, -0.1) is 11.3 Å². The summed E-state index contributed by atoms with van der Waals surface area (Å²) in [5, 5.41) is 5.04. The van der Waals surface area contributed by atoms with E-state index in [-0.39, 0.29) is 5.91 Å². The summed E-state index contributed by atoms with van der Waals surface area (Å²) in [7, 11) is 0. The molecular weight excluding hydrogens is 292 g/mol. The van der Waals surface area contributed by atoms with E-state index in [0.29, 0.717) is 18.2 Å². The Morgan fingerprint density at radius 3 is 2.41 bits per heavy atom. The summed E-state index contributed by atoms with van der Waals surface area (Å²) in [6.07, 6.45) is 0. The van der Waals surface area contributed by atoms with Crippen LogP contribution in [0.25, 0.3) is 0 Å². The highest BCUT2D eigenvalue weighted by Gasteiger charge is 2.10. The number of nitrogens with one attached hydrogen (secondary N) is 1. The van der Waals surface area contributed by atoms with Gasteiger partial charge in [0.15, 0.2) is 0 Å². The lowest BCUT2D eigenvalue weighted by Gasteiger charge is -2.27. The fraction of sp³-hybridized carbons (Fsp3) is 0.389. The van der Waals surface area contributed by atoms with Crippen molar-refractivity contribution in [3.8, 4) is 0 Å². The van der Waals surface area contributed by atoms with Crippen LogP contribution in [0.4, 0.5) is 5.69 Å². The van der Waals surface area contributed by atoms with Gasteiger partial charge in [0.05, 0.1) is 6.54 Å². The van der Waals surface area contributed by atoms with E-state index in [2.05, 4.69) is 49.4 Å². The van der Waals surface area contributed by atoms with E-state index in [1.165, 1.54) is 10.4 Å². The van der Waals surface area contributed by atoms with Crippen molar-refractivity contribution < 1.29 is 4.79 Å². The van der Waals surface area contributed by atoms with Crippen LogP contribution in [0.1, 0.15) is 41.6 Å². The average Bonchev–Trinajstić information content (AvgIpc) is 2.91. The first-order chi connectivity index (χ1) is 10.5. The van der Waals surface area contributed by atoms with Gasteiger partial charge in [0.1, 0.15) is 0 Å². The second kappa shape index (κ2) is 7.45. The number of nitrogens with zero attached hydrogens (tertiary/aromatic N) is 1. The molecule has 2 rings (SSSR count). The van der Waals surface area contributed by atoms with Gasteiger partial charge in [-0.1, -0.05) is 0 Å². The molecule has 1 N–H and O–H groups in total. The normalized spacial score (nSPS) is 10.8. The Morgan fingerprint density at radius 2 is 1.91 bits per heavy atom. The van der Waals surface area contributed by atoms with E-state index in [1.54, 1.807) is 11.3 Å². The van der Waals surface area contributed by atoms with Crippen LogP contribution in [0.3, 0.4) is 0 Å². The van der Waals surface area contributed by atoms with Gasteiger partial charge in [-0.2, -0.15) is 0 Å². The van der Waals surface area contributed by atoms with Crippen molar-refractivity contribution in [3.63, 3.8) is 0 Å². The largest absolute Gasteiger partial charge is 0.369 e. The quantitative estimate of drug-likeness (QED) is 0.865. The van der Waals surface area contributed by atoms with Crippen LogP contribution in [0.15, 0.2) is 35.7 Å². The third-order valence-electron chi connectivity index (χ3n) is 3.80. The molecule has 0 unspecified atom stereocenters. The maximum absolute atomic E-state index is 12.2. The number of anilines is 1. The fourth-order valence-corrected chi connectivity index (χ4v) is 3.34. The fourth-order valence-electron chi connectivity index (χ4n) is 2.50. The molecular formula is C18H24N2OS. The van der Waals surface area contributed by atoms with E-state index in [0.717, 1.165) is 12.2 Å². The summed E-state index contributed by atoms with van der Waals surface area (Å²) in [6.45, 7) is 10.1. The molecule has 22 heavy (non-hydrogen) atoms. The zero-order valence-corrected chi connectivity index (χ0v) is 14.5. The summed E-state index contributed by atoms with van der Waals surface area (Å²) in [6, 6.07) is 10.4. The molecule has 3 nitrogen and oxygen atoms in total. The van der Waals surface area contributed by atoms with Gasteiger partial charge in [0.25, 0.3) is 5.91 Å². The number of rotatable bonds is 6. The van der Waals surface area contributed by atoms with Gasteiger partial charge in [0, 0.05) is 28.7 Å². The van der Waals surface area contributed by atoms with Gasteiger partial charge >= 0.3 is 0 Å². The third kappa shape index (κ3) is 3.89. The van der Waals surface area contributed by atoms with Gasteiger partial charge in [0.2, 0.25) is 0 Å². The van der Waals surface area contributed by atoms with Crippen molar-refractivity contribution in [3.05, 3.63) is 51.7 Å². The molecule has 0 spiro atoms. The van der Waals surface area contributed by atoms with Crippen LogP contribution < -0.4 is 10.2 Å². The molecule has 0 saturated heterocycles. The van der Waals surface area contributed by atoms with Crippen LogP contribution in [0, 0.1) is 6.92 Å². The molecule has 1 amide bonds. The molecule has 0 atom stereocenters. The van der Waals surface area contributed by atoms with Crippen LogP contribution in [0.2, 0.25) is 0 Å². The van der Waals surface area contributed by atoms with Crippen molar-refractivity contribution in [2.24, 2.45) is 0 Å². The van der Waals surface area contributed by atoms with Crippen molar-refractivity contribution in [2.45, 2.75) is 40.3 Å². The Labute approximate surface area is 137 Å². The monoisotopic (exact) mass is 316 g/mol. The molecule has 1 aromatic heterocycles. The topological polar surface area (TPSA) is 32.3 Å². The highest BCUT2D eigenvalue weighted by atomic mass is 32.1. The van der Waals surface area contributed by atoms with Crippen LogP contribution >= 0.6 is 11.3 Å². The van der Waals surface area contributed by atoms with E-state index >= 15 is 0 Å². The molecule has 4 heteroatoms. The third-order valence-corrected chi connectivity index (χ3v) is 4.83. The number of thiophene rings is 1. The number of amides is 1. The van der Waals surface area contributed by atoms with Crippen LogP contribution in [0.5, 0.6) is 0 Å². The first-order valence-corrected chi connectivity index (χ1v) is 8.58. The van der Waals surface area contributed by atoms with Crippen molar-refractivity contribution in [1.82, 2.24) is 5.32 Å². The van der Waals surface area contributed by atoms with Crippen molar-refractivity contribution >= 4 is 22.9 Å².